The molecule has 0 radical (unpaired) electrons. The van der Waals surface area contributed by atoms with Crippen LogP contribution in [0.15, 0.2) is 83.8 Å². The number of sulfonamides is 1. The number of anilines is 1. The minimum Gasteiger partial charge on any atom is -0.497 e. The van der Waals surface area contributed by atoms with Crippen molar-refractivity contribution >= 4 is 21.6 Å². The maximum Gasteiger partial charge on any atom is 0.241 e. The van der Waals surface area contributed by atoms with Crippen LogP contribution in [0.5, 0.6) is 5.75 Å². The van der Waals surface area contributed by atoms with Gasteiger partial charge in [0.05, 0.1) is 12.0 Å². The van der Waals surface area contributed by atoms with E-state index in [9.17, 15) is 13.2 Å². The Morgan fingerprint density at radius 1 is 0.917 bits per heavy atom. The summed E-state index contributed by atoms with van der Waals surface area (Å²) in [6.07, 6.45) is 0.976. The van der Waals surface area contributed by atoms with Crippen LogP contribution in [0, 0.1) is 0 Å². The third-order valence-corrected chi connectivity index (χ3v) is 8.12. The largest absolute Gasteiger partial charge is 0.497 e. The van der Waals surface area contributed by atoms with Crippen molar-refractivity contribution in [1.29, 1.82) is 0 Å². The quantitative estimate of drug-likeness (QED) is 0.473. The Bertz CT molecular complexity index is 1240. The lowest BCUT2D eigenvalue weighted by molar-refractivity contribution is -0.131. The zero-order valence-corrected chi connectivity index (χ0v) is 21.6. The number of benzene rings is 3. The zero-order chi connectivity index (χ0) is 25.5. The molecule has 4 rings (SSSR count). The molecule has 1 aliphatic heterocycles. The molecule has 0 spiro atoms. The van der Waals surface area contributed by atoms with Crippen LogP contribution >= 0.6 is 0 Å². The molecule has 1 fully saturated rings. The molecule has 0 unspecified atom stereocenters. The first-order chi connectivity index (χ1) is 17.4. The second kappa shape index (κ2) is 11.6. The topological polar surface area (TPSA) is 79.0 Å². The predicted molar refractivity (Wildman–Crippen MR) is 142 cm³/mol. The molecule has 7 nitrogen and oxygen atoms in total. The Hall–Kier alpha value is -3.36. The number of ether oxygens (including phenoxy) is 1. The van der Waals surface area contributed by atoms with Gasteiger partial charge in [-0.05, 0) is 60.9 Å². The van der Waals surface area contributed by atoms with E-state index in [0.717, 1.165) is 35.7 Å². The summed E-state index contributed by atoms with van der Waals surface area (Å²) in [7, 11) is -1.99. The first kappa shape index (κ1) is 25.7. The van der Waals surface area contributed by atoms with Gasteiger partial charge < -0.3 is 14.5 Å². The van der Waals surface area contributed by atoms with E-state index in [0.29, 0.717) is 25.9 Å². The number of carbonyl (C=O) groups is 1. The maximum atomic E-state index is 12.8. The lowest BCUT2D eigenvalue weighted by atomic mass is 10.1. The van der Waals surface area contributed by atoms with Crippen LogP contribution < -0.4 is 14.4 Å². The minimum absolute atomic E-state index is 0.124. The Morgan fingerprint density at radius 3 is 2.17 bits per heavy atom. The van der Waals surface area contributed by atoms with Gasteiger partial charge in [-0.3, -0.25) is 4.79 Å². The predicted octanol–water partition coefficient (Wildman–Crippen LogP) is 4.02. The van der Waals surface area contributed by atoms with E-state index in [1.165, 1.54) is 0 Å². The first-order valence-corrected chi connectivity index (χ1v) is 13.7. The average Bonchev–Trinajstić information content (AvgIpc) is 2.92. The summed E-state index contributed by atoms with van der Waals surface area (Å²) in [5.74, 6) is 0.954. The molecule has 3 aromatic rings. The number of amides is 1. The van der Waals surface area contributed by atoms with E-state index in [4.69, 9.17) is 4.74 Å². The van der Waals surface area contributed by atoms with Crippen LogP contribution in [0.25, 0.3) is 0 Å². The second-order valence-corrected chi connectivity index (χ2v) is 10.7. The molecule has 1 heterocycles. The van der Waals surface area contributed by atoms with Crippen molar-refractivity contribution in [3.05, 3.63) is 90.0 Å². The Kier molecular flexibility index (Phi) is 8.28. The molecule has 0 aromatic heterocycles. The van der Waals surface area contributed by atoms with E-state index in [1.54, 1.807) is 31.4 Å². The number of rotatable bonds is 9. The second-order valence-electron chi connectivity index (χ2n) is 8.96. The highest BCUT2D eigenvalue weighted by molar-refractivity contribution is 7.89. The smallest absolute Gasteiger partial charge is 0.241 e. The monoisotopic (exact) mass is 507 g/mol. The highest BCUT2D eigenvalue weighted by Gasteiger charge is 2.22. The molecule has 190 valence electrons. The Labute approximate surface area is 213 Å². The fraction of sp³-hybridized carbons (Fsp3) is 0.321. The first-order valence-electron chi connectivity index (χ1n) is 12.2. The molecule has 1 amide bonds. The molecule has 1 atom stereocenters. The summed E-state index contributed by atoms with van der Waals surface area (Å²) < 4.78 is 33.5. The number of hydrogen-bond donors (Lipinski definition) is 1. The van der Waals surface area contributed by atoms with Crippen LogP contribution in [-0.2, 0) is 21.2 Å². The standard InChI is InChI=1S/C28H33N3O4S/c1-22(24-6-4-3-5-7-24)29-36(33,34)27-15-8-23(9-16-27)10-17-28(32)31-20-18-30(19-21-31)25-11-13-26(35-2)14-12-25/h3-9,11-16,22,29H,10,17-21H2,1-2H3/t22-/m0/s1. The van der Waals surface area contributed by atoms with Crippen molar-refractivity contribution in [1.82, 2.24) is 9.62 Å². The van der Waals surface area contributed by atoms with Crippen molar-refractivity contribution in [2.75, 3.05) is 38.2 Å². The van der Waals surface area contributed by atoms with Gasteiger partial charge in [-0.1, -0.05) is 42.5 Å². The number of nitrogens with zero attached hydrogens (tertiary/aromatic N) is 2. The molecule has 1 aliphatic rings. The molecule has 36 heavy (non-hydrogen) atoms. The van der Waals surface area contributed by atoms with E-state index in [2.05, 4.69) is 9.62 Å². The van der Waals surface area contributed by atoms with Crippen molar-refractivity contribution in [3.63, 3.8) is 0 Å². The van der Waals surface area contributed by atoms with Gasteiger partial charge in [0, 0.05) is 44.3 Å². The lowest BCUT2D eigenvalue weighted by Crippen LogP contribution is -2.48. The molecule has 8 heteroatoms. The number of piperazine rings is 1. The Morgan fingerprint density at radius 2 is 1.56 bits per heavy atom. The summed E-state index contributed by atoms with van der Waals surface area (Å²) in [6.45, 7) is 4.78. The van der Waals surface area contributed by atoms with E-state index in [1.807, 2.05) is 66.4 Å². The van der Waals surface area contributed by atoms with Crippen molar-refractivity contribution in [2.24, 2.45) is 0 Å². The number of aryl methyl sites for hydroxylation is 1. The number of nitrogens with one attached hydrogen (secondary N) is 1. The highest BCUT2D eigenvalue weighted by Crippen LogP contribution is 2.21. The number of hydrogen-bond acceptors (Lipinski definition) is 5. The van der Waals surface area contributed by atoms with Crippen LogP contribution in [0.1, 0.15) is 30.5 Å². The molecular weight excluding hydrogens is 474 g/mol. The van der Waals surface area contributed by atoms with Gasteiger partial charge in [0.1, 0.15) is 5.75 Å². The number of carbonyl (C=O) groups excluding carboxylic acids is 1. The lowest BCUT2D eigenvalue weighted by Gasteiger charge is -2.36. The summed E-state index contributed by atoms with van der Waals surface area (Å²) in [5, 5.41) is 0. The average molecular weight is 508 g/mol. The summed E-state index contributed by atoms with van der Waals surface area (Å²) in [5.41, 5.74) is 2.97. The fourth-order valence-corrected chi connectivity index (χ4v) is 5.59. The van der Waals surface area contributed by atoms with Gasteiger partial charge in [-0.15, -0.1) is 0 Å². The van der Waals surface area contributed by atoms with Crippen molar-refractivity contribution < 1.29 is 17.9 Å². The van der Waals surface area contributed by atoms with Crippen LogP contribution in [0.3, 0.4) is 0 Å². The fourth-order valence-electron chi connectivity index (χ4n) is 4.36. The zero-order valence-electron chi connectivity index (χ0n) is 20.8. The molecule has 0 aliphatic carbocycles. The summed E-state index contributed by atoms with van der Waals surface area (Å²) in [6, 6.07) is 23.9. The minimum atomic E-state index is -3.64. The highest BCUT2D eigenvalue weighted by atomic mass is 32.2. The third kappa shape index (κ3) is 6.44. The van der Waals surface area contributed by atoms with E-state index in [-0.39, 0.29) is 16.8 Å². The molecule has 0 saturated carbocycles. The Balaban J connectivity index is 1.26. The van der Waals surface area contributed by atoms with Crippen LogP contribution in [0.2, 0.25) is 0 Å². The third-order valence-electron chi connectivity index (χ3n) is 6.56. The van der Waals surface area contributed by atoms with E-state index < -0.39 is 10.0 Å². The van der Waals surface area contributed by atoms with Gasteiger partial charge in [-0.2, -0.15) is 0 Å². The van der Waals surface area contributed by atoms with Crippen molar-refractivity contribution in [2.45, 2.75) is 30.7 Å². The molecular formula is C28H33N3O4S. The van der Waals surface area contributed by atoms with Crippen molar-refractivity contribution in [3.8, 4) is 5.75 Å². The number of methoxy groups -OCH3 is 1. The summed E-state index contributed by atoms with van der Waals surface area (Å²) in [4.78, 5) is 17.2. The molecule has 3 aromatic carbocycles. The SMILES string of the molecule is COc1ccc(N2CCN(C(=O)CCc3ccc(S(=O)(=O)N[C@@H](C)c4ccccc4)cc3)CC2)cc1. The van der Waals surface area contributed by atoms with E-state index >= 15 is 0 Å². The molecule has 1 N–H and O–H groups in total. The summed E-state index contributed by atoms with van der Waals surface area (Å²) >= 11 is 0. The maximum absolute atomic E-state index is 12.8. The van der Waals surface area contributed by atoms with Gasteiger partial charge in [0.2, 0.25) is 15.9 Å². The van der Waals surface area contributed by atoms with Gasteiger partial charge >= 0.3 is 0 Å². The van der Waals surface area contributed by atoms with Gasteiger partial charge in [-0.25, -0.2) is 13.1 Å². The van der Waals surface area contributed by atoms with Gasteiger partial charge in [0.15, 0.2) is 0 Å². The van der Waals surface area contributed by atoms with Crippen LogP contribution in [-0.4, -0.2) is 52.5 Å². The molecule has 0 bridgehead atoms. The van der Waals surface area contributed by atoms with Crippen LogP contribution in [0.4, 0.5) is 5.69 Å². The normalized spacial score (nSPS) is 14.9. The van der Waals surface area contributed by atoms with Gasteiger partial charge in [0.25, 0.3) is 0 Å². The molecule has 1 saturated heterocycles.